The van der Waals surface area contributed by atoms with Crippen LogP contribution in [0.25, 0.3) is 0 Å². The normalized spacial score (nSPS) is 15.2. The van der Waals surface area contributed by atoms with Crippen LogP contribution in [0.15, 0.2) is 42.0 Å². The highest BCUT2D eigenvalue weighted by Crippen LogP contribution is 2.23. The second kappa shape index (κ2) is 8.45. The van der Waals surface area contributed by atoms with E-state index in [1.165, 1.54) is 0 Å². The lowest BCUT2D eigenvalue weighted by atomic mass is 9.84. The summed E-state index contributed by atoms with van der Waals surface area (Å²) in [5.41, 5.74) is 1.62. The maximum absolute atomic E-state index is 12.0. The number of hydrogen-bond acceptors (Lipinski definition) is 3. The Morgan fingerprint density at radius 1 is 1.50 bits per heavy atom. The Bertz CT molecular complexity index is 367. The van der Waals surface area contributed by atoms with Crippen LogP contribution in [0.4, 0.5) is 0 Å². The third-order valence-corrected chi connectivity index (χ3v) is 2.87. The summed E-state index contributed by atoms with van der Waals surface area (Å²) >= 11 is 0. The summed E-state index contributed by atoms with van der Waals surface area (Å²) in [5, 5.41) is 0. The number of nitrogens with zero attached hydrogens (tertiary/aromatic N) is 1. The van der Waals surface area contributed by atoms with Gasteiger partial charge in [0.15, 0.2) is 0 Å². The van der Waals surface area contributed by atoms with Gasteiger partial charge in [-0.15, -0.1) is 0 Å². The third kappa shape index (κ3) is 4.70. The highest BCUT2D eigenvalue weighted by molar-refractivity contribution is 6.01. The lowest BCUT2D eigenvalue weighted by Crippen LogP contribution is -2.31. The van der Waals surface area contributed by atoms with Gasteiger partial charge in [-0.3, -0.25) is 9.79 Å². The van der Waals surface area contributed by atoms with Gasteiger partial charge in [-0.05, 0) is 19.8 Å². The van der Waals surface area contributed by atoms with Crippen molar-refractivity contribution < 1.29 is 9.53 Å². The zero-order valence-corrected chi connectivity index (χ0v) is 11.8. The lowest BCUT2D eigenvalue weighted by Gasteiger charge is -2.22. The molecule has 0 rings (SSSR count). The minimum absolute atomic E-state index is 0.0519. The Balaban J connectivity index is 5.08. The predicted molar refractivity (Wildman–Crippen MR) is 76.8 cm³/mol. The van der Waals surface area contributed by atoms with E-state index in [4.69, 9.17) is 4.74 Å². The van der Waals surface area contributed by atoms with Crippen LogP contribution in [0.1, 0.15) is 20.8 Å². The molecule has 0 radical (unpaired) electrons. The monoisotopic (exact) mass is 249 g/mol. The van der Waals surface area contributed by atoms with Crippen LogP contribution in [0.2, 0.25) is 0 Å². The molecule has 3 heteroatoms. The molecule has 0 saturated heterocycles. The van der Waals surface area contributed by atoms with Crippen LogP contribution in [-0.2, 0) is 9.53 Å². The summed E-state index contributed by atoms with van der Waals surface area (Å²) in [6.07, 6.45) is 5.34. The molecule has 0 aromatic heterocycles. The summed E-state index contributed by atoms with van der Waals surface area (Å²) in [7, 11) is 1.68. The van der Waals surface area contributed by atoms with E-state index in [2.05, 4.69) is 18.2 Å². The number of ether oxygens (including phenoxy) is 1. The summed E-state index contributed by atoms with van der Waals surface area (Å²) in [4.78, 5) is 16.1. The summed E-state index contributed by atoms with van der Waals surface area (Å²) in [6, 6.07) is 0. The van der Waals surface area contributed by atoms with Crippen molar-refractivity contribution in [2.75, 3.05) is 13.7 Å². The van der Waals surface area contributed by atoms with E-state index < -0.39 is 0 Å². The van der Waals surface area contributed by atoms with Crippen molar-refractivity contribution >= 4 is 11.7 Å². The van der Waals surface area contributed by atoms with Crippen molar-refractivity contribution in [3.8, 4) is 0 Å². The molecular formula is C15H23NO2. The topological polar surface area (TPSA) is 38.7 Å². The van der Waals surface area contributed by atoms with Crippen LogP contribution < -0.4 is 0 Å². The van der Waals surface area contributed by atoms with Gasteiger partial charge in [0.25, 0.3) is 0 Å². The van der Waals surface area contributed by atoms with Crippen molar-refractivity contribution in [2.45, 2.75) is 20.8 Å². The number of aliphatic imine (C=N–C) groups is 1. The summed E-state index contributed by atoms with van der Waals surface area (Å²) in [5.74, 6) is -0.679. The van der Waals surface area contributed by atoms with E-state index in [0.717, 1.165) is 11.3 Å². The number of allylic oxidation sites excluding steroid dienone is 4. The first kappa shape index (κ1) is 16.4. The van der Waals surface area contributed by atoms with Gasteiger partial charge in [0.05, 0.1) is 6.61 Å². The molecule has 0 heterocycles. The molecule has 0 aromatic rings. The molecule has 0 aromatic carbocycles. The molecule has 0 bridgehead atoms. The minimum atomic E-state index is -0.378. The molecular weight excluding hydrogens is 226 g/mol. The molecule has 18 heavy (non-hydrogen) atoms. The molecule has 0 aliphatic rings. The molecule has 0 spiro atoms. The van der Waals surface area contributed by atoms with Gasteiger partial charge in [0.1, 0.15) is 5.92 Å². The highest BCUT2D eigenvalue weighted by atomic mass is 16.5. The van der Waals surface area contributed by atoms with Gasteiger partial charge in [-0.1, -0.05) is 43.9 Å². The number of rotatable bonds is 7. The van der Waals surface area contributed by atoms with Crippen molar-refractivity contribution in [3.05, 3.63) is 37.0 Å². The first-order valence-electron chi connectivity index (χ1n) is 6.07. The Labute approximate surface area is 110 Å². The largest absolute Gasteiger partial charge is 0.465 e. The Kier molecular flexibility index (Phi) is 7.68. The third-order valence-electron chi connectivity index (χ3n) is 2.87. The zero-order valence-electron chi connectivity index (χ0n) is 11.8. The van der Waals surface area contributed by atoms with E-state index >= 15 is 0 Å². The lowest BCUT2D eigenvalue weighted by molar-refractivity contribution is -0.146. The van der Waals surface area contributed by atoms with Crippen molar-refractivity contribution in [2.24, 2.45) is 16.8 Å². The van der Waals surface area contributed by atoms with E-state index in [-0.39, 0.29) is 17.8 Å². The van der Waals surface area contributed by atoms with Crippen LogP contribution in [-0.4, -0.2) is 25.3 Å². The zero-order chi connectivity index (χ0) is 14.1. The van der Waals surface area contributed by atoms with Gasteiger partial charge in [0.2, 0.25) is 0 Å². The molecule has 0 aliphatic carbocycles. The fourth-order valence-electron chi connectivity index (χ4n) is 1.67. The molecule has 0 aliphatic heterocycles. The first-order valence-corrected chi connectivity index (χ1v) is 6.07. The molecule has 100 valence electrons. The van der Waals surface area contributed by atoms with Crippen molar-refractivity contribution in [3.63, 3.8) is 0 Å². The average molecular weight is 249 g/mol. The summed E-state index contributed by atoms with van der Waals surface area (Å²) in [6.45, 7) is 13.5. The second-order valence-electron chi connectivity index (χ2n) is 4.05. The fourth-order valence-corrected chi connectivity index (χ4v) is 1.67. The number of carbonyl (C=O) groups excluding carboxylic acids is 1. The Morgan fingerprint density at radius 3 is 2.56 bits per heavy atom. The van der Waals surface area contributed by atoms with E-state index in [9.17, 15) is 4.79 Å². The SMILES string of the molecule is C=CC=CC(=C)C(C)C(C(=O)OCC)C(C)=NC. The maximum atomic E-state index is 12.0. The van der Waals surface area contributed by atoms with E-state index in [0.29, 0.717) is 6.61 Å². The second-order valence-corrected chi connectivity index (χ2v) is 4.05. The number of esters is 1. The van der Waals surface area contributed by atoms with Gasteiger partial charge in [-0.2, -0.15) is 0 Å². The van der Waals surface area contributed by atoms with Gasteiger partial charge < -0.3 is 4.74 Å². The summed E-state index contributed by atoms with van der Waals surface area (Å²) < 4.78 is 5.10. The molecule has 2 atom stereocenters. The van der Waals surface area contributed by atoms with Crippen LogP contribution >= 0.6 is 0 Å². The van der Waals surface area contributed by atoms with Crippen molar-refractivity contribution in [1.82, 2.24) is 0 Å². The van der Waals surface area contributed by atoms with Gasteiger partial charge in [0, 0.05) is 12.8 Å². The minimum Gasteiger partial charge on any atom is -0.465 e. The predicted octanol–water partition coefficient (Wildman–Crippen LogP) is 3.19. The maximum Gasteiger partial charge on any atom is 0.315 e. The Hall–Kier alpha value is -1.64. The van der Waals surface area contributed by atoms with Crippen LogP contribution in [0.3, 0.4) is 0 Å². The van der Waals surface area contributed by atoms with Gasteiger partial charge >= 0.3 is 5.97 Å². The molecule has 0 saturated carbocycles. The van der Waals surface area contributed by atoms with E-state index in [1.54, 1.807) is 26.1 Å². The van der Waals surface area contributed by atoms with Gasteiger partial charge in [-0.25, -0.2) is 0 Å². The van der Waals surface area contributed by atoms with Crippen molar-refractivity contribution in [1.29, 1.82) is 0 Å². The first-order chi connectivity index (χ1) is 8.49. The quantitative estimate of drug-likeness (QED) is 0.395. The fraction of sp³-hybridized carbons (Fsp3) is 0.467. The Morgan fingerprint density at radius 2 is 2.11 bits per heavy atom. The highest BCUT2D eigenvalue weighted by Gasteiger charge is 2.29. The van der Waals surface area contributed by atoms with Crippen LogP contribution in [0, 0.1) is 11.8 Å². The average Bonchev–Trinajstić information content (AvgIpc) is 2.35. The van der Waals surface area contributed by atoms with E-state index in [1.807, 2.05) is 19.9 Å². The smallest absolute Gasteiger partial charge is 0.315 e. The number of carbonyl (C=O) groups is 1. The molecule has 0 amide bonds. The molecule has 3 nitrogen and oxygen atoms in total. The van der Waals surface area contributed by atoms with Crippen LogP contribution in [0.5, 0.6) is 0 Å². The molecule has 0 N–H and O–H groups in total. The molecule has 0 fully saturated rings. The number of hydrogen-bond donors (Lipinski definition) is 0. The molecule has 2 unspecified atom stereocenters. The standard InChI is InChI=1S/C15H23NO2/c1-7-9-10-11(3)12(4)14(13(5)16-6)15(17)18-8-2/h7,9-10,12,14H,1,3,8H2,2,4-6H3.